The third-order valence-electron chi connectivity index (χ3n) is 5.10. The van der Waals surface area contributed by atoms with Crippen LogP contribution in [0.15, 0.2) is 0 Å². The number of hydrogen-bond acceptors (Lipinski definition) is 5. The van der Waals surface area contributed by atoms with Gasteiger partial charge in [-0.25, -0.2) is 8.42 Å². The molecule has 0 amide bonds. The number of carboxylic acid groups (broad SMARTS) is 1. The highest BCUT2D eigenvalue weighted by Crippen LogP contribution is 2.50. The summed E-state index contributed by atoms with van der Waals surface area (Å²) in [4.78, 5) is 11.8. The zero-order valence-electron chi connectivity index (χ0n) is 11.3. The van der Waals surface area contributed by atoms with Crippen molar-refractivity contribution in [3.63, 3.8) is 0 Å². The van der Waals surface area contributed by atoms with Gasteiger partial charge in [0.15, 0.2) is 9.84 Å². The monoisotopic (exact) mass is 320 g/mol. The Labute approximate surface area is 123 Å². The fraction of sp³-hybridized carbons (Fsp3) is 0.923. The second kappa shape index (κ2) is 4.88. The van der Waals surface area contributed by atoms with Crippen LogP contribution in [0.1, 0.15) is 25.7 Å². The first kappa shape index (κ1) is 14.7. The second-order valence-electron chi connectivity index (χ2n) is 6.33. The smallest absolute Gasteiger partial charge is 0.310 e. The Morgan fingerprint density at radius 1 is 1.35 bits per heavy atom. The normalized spacial score (nSPS) is 43.9. The van der Waals surface area contributed by atoms with Crippen LogP contribution in [-0.4, -0.2) is 54.7 Å². The van der Waals surface area contributed by atoms with E-state index >= 15 is 0 Å². The number of aliphatic carboxylic acids is 1. The molecule has 20 heavy (non-hydrogen) atoms. The Balaban J connectivity index is 1.87. The van der Waals surface area contributed by atoms with Crippen LogP contribution in [-0.2, 0) is 19.4 Å². The van der Waals surface area contributed by atoms with Gasteiger partial charge >= 0.3 is 5.97 Å². The topological polar surface area (TPSA) is 80.7 Å². The average molecular weight is 320 g/mol. The number of carbonyl (C=O) groups is 1. The quantitative estimate of drug-likeness (QED) is 0.823. The summed E-state index contributed by atoms with van der Waals surface area (Å²) in [5, 5.41) is 9.67. The number of sulfone groups is 1. The SMILES string of the molecule is O=C(O)C1(C2CCOC3(CCSC3)C2)CCS(=O)(=O)C1. The van der Waals surface area contributed by atoms with Gasteiger partial charge in [0.2, 0.25) is 0 Å². The summed E-state index contributed by atoms with van der Waals surface area (Å²) < 4.78 is 29.5. The molecule has 3 rings (SSSR count). The predicted octanol–water partition coefficient (Wildman–Crippen LogP) is 1.18. The summed E-state index contributed by atoms with van der Waals surface area (Å²) in [5.74, 6) is 0.759. The lowest BCUT2D eigenvalue weighted by molar-refractivity contribution is -0.158. The van der Waals surface area contributed by atoms with Gasteiger partial charge in [0.1, 0.15) is 0 Å². The van der Waals surface area contributed by atoms with Gasteiger partial charge in [-0.2, -0.15) is 11.8 Å². The summed E-state index contributed by atoms with van der Waals surface area (Å²) in [5.41, 5.74) is -1.29. The van der Waals surface area contributed by atoms with E-state index < -0.39 is 21.2 Å². The maximum Gasteiger partial charge on any atom is 0.310 e. The molecular formula is C13H20O5S2. The van der Waals surface area contributed by atoms with Crippen LogP contribution in [0.5, 0.6) is 0 Å². The first-order valence-electron chi connectivity index (χ1n) is 7.03. The van der Waals surface area contributed by atoms with Gasteiger partial charge in [0.25, 0.3) is 0 Å². The molecule has 3 heterocycles. The van der Waals surface area contributed by atoms with Crippen molar-refractivity contribution in [2.75, 3.05) is 29.6 Å². The Morgan fingerprint density at radius 3 is 2.70 bits per heavy atom. The highest BCUT2D eigenvalue weighted by molar-refractivity contribution is 7.99. The van der Waals surface area contributed by atoms with Gasteiger partial charge in [-0.15, -0.1) is 0 Å². The minimum absolute atomic E-state index is 0.0123. The van der Waals surface area contributed by atoms with E-state index in [9.17, 15) is 18.3 Å². The van der Waals surface area contributed by atoms with Crippen molar-refractivity contribution < 1.29 is 23.1 Å². The molecule has 0 aromatic carbocycles. The van der Waals surface area contributed by atoms with E-state index in [0.29, 0.717) is 19.4 Å². The van der Waals surface area contributed by atoms with E-state index in [-0.39, 0.29) is 29.4 Å². The molecule has 3 fully saturated rings. The number of ether oxygens (including phenoxy) is 1. The molecule has 3 aliphatic rings. The molecule has 0 aromatic rings. The molecule has 0 aliphatic carbocycles. The fourth-order valence-corrected chi connectivity index (χ4v) is 7.39. The van der Waals surface area contributed by atoms with Crippen molar-refractivity contribution in [2.24, 2.45) is 11.3 Å². The highest BCUT2D eigenvalue weighted by atomic mass is 32.2. The molecule has 5 nitrogen and oxygen atoms in total. The minimum Gasteiger partial charge on any atom is -0.481 e. The van der Waals surface area contributed by atoms with E-state index in [2.05, 4.69) is 0 Å². The van der Waals surface area contributed by atoms with E-state index in [1.807, 2.05) is 11.8 Å². The molecule has 1 spiro atoms. The molecule has 3 saturated heterocycles. The molecule has 0 radical (unpaired) electrons. The highest BCUT2D eigenvalue weighted by Gasteiger charge is 2.56. The Kier molecular flexibility index (Phi) is 3.58. The van der Waals surface area contributed by atoms with Gasteiger partial charge in [-0.1, -0.05) is 0 Å². The zero-order chi connectivity index (χ0) is 14.4. The van der Waals surface area contributed by atoms with Gasteiger partial charge in [0, 0.05) is 12.4 Å². The lowest BCUT2D eigenvalue weighted by Gasteiger charge is -2.43. The van der Waals surface area contributed by atoms with Gasteiger partial charge in [-0.05, 0) is 37.4 Å². The van der Waals surface area contributed by atoms with Crippen LogP contribution >= 0.6 is 11.8 Å². The van der Waals surface area contributed by atoms with Crippen LogP contribution in [0, 0.1) is 11.3 Å². The number of thioether (sulfide) groups is 1. The average Bonchev–Trinajstić information content (AvgIpc) is 2.95. The zero-order valence-corrected chi connectivity index (χ0v) is 13.0. The maximum absolute atomic E-state index is 11.8. The predicted molar refractivity (Wildman–Crippen MR) is 76.7 cm³/mol. The molecular weight excluding hydrogens is 300 g/mol. The third-order valence-corrected chi connectivity index (χ3v) is 8.11. The Morgan fingerprint density at radius 2 is 2.15 bits per heavy atom. The molecule has 114 valence electrons. The maximum atomic E-state index is 11.8. The molecule has 3 aliphatic heterocycles. The summed E-state index contributed by atoms with van der Waals surface area (Å²) in [7, 11) is -3.21. The van der Waals surface area contributed by atoms with Crippen molar-refractivity contribution in [3.05, 3.63) is 0 Å². The molecule has 3 unspecified atom stereocenters. The van der Waals surface area contributed by atoms with Crippen LogP contribution in [0.3, 0.4) is 0 Å². The van der Waals surface area contributed by atoms with Gasteiger partial charge in [-0.3, -0.25) is 4.79 Å². The lowest BCUT2D eigenvalue weighted by Crippen LogP contribution is -2.49. The third kappa shape index (κ3) is 2.37. The van der Waals surface area contributed by atoms with Crippen molar-refractivity contribution in [3.8, 4) is 0 Å². The molecule has 0 bridgehead atoms. The Bertz CT molecular complexity index is 509. The fourth-order valence-electron chi connectivity index (χ4n) is 3.90. The molecule has 3 atom stereocenters. The Hall–Kier alpha value is -0.270. The second-order valence-corrected chi connectivity index (χ2v) is 9.62. The van der Waals surface area contributed by atoms with E-state index in [4.69, 9.17) is 4.74 Å². The van der Waals surface area contributed by atoms with Crippen molar-refractivity contribution in [2.45, 2.75) is 31.3 Å². The molecule has 7 heteroatoms. The summed E-state index contributed by atoms with van der Waals surface area (Å²) >= 11 is 1.84. The first-order chi connectivity index (χ1) is 9.38. The van der Waals surface area contributed by atoms with Gasteiger partial charge < -0.3 is 9.84 Å². The lowest BCUT2D eigenvalue weighted by atomic mass is 9.67. The standard InChI is InChI=1S/C13H20O5S2/c14-11(15)13(3-6-20(16,17)9-13)10-1-4-18-12(7-10)2-5-19-8-12/h10H,1-9H2,(H,14,15). The largest absolute Gasteiger partial charge is 0.481 e. The van der Waals surface area contributed by atoms with Gasteiger partial charge in [0.05, 0.1) is 22.5 Å². The first-order valence-corrected chi connectivity index (χ1v) is 10.0. The van der Waals surface area contributed by atoms with E-state index in [1.165, 1.54) is 0 Å². The molecule has 1 N–H and O–H groups in total. The summed E-state index contributed by atoms with van der Waals surface area (Å²) in [6.07, 6.45) is 2.57. The van der Waals surface area contributed by atoms with Crippen molar-refractivity contribution in [1.82, 2.24) is 0 Å². The number of rotatable bonds is 2. The molecule has 0 saturated carbocycles. The van der Waals surface area contributed by atoms with Crippen LogP contribution in [0.4, 0.5) is 0 Å². The number of carboxylic acids is 1. The van der Waals surface area contributed by atoms with E-state index in [0.717, 1.165) is 17.9 Å². The van der Waals surface area contributed by atoms with Crippen molar-refractivity contribution >= 4 is 27.6 Å². The van der Waals surface area contributed by atoms with Crippen LogP contribution in [0.2, 0.25) is 0 Å². The van der Waals surface area contributed by atoms with Crippen LogP contribution < -0.4 is 0 Å². The minimum atomic E-state index is -3.21. The van der Waals surface area contributed by atoms with E-state index in [1.54, 1.807) is 0 Å². The summed E-state index contributed by atoms with van der Waals surface area (Å²) in [6, 6.07) is 0. The van der Waals surface area contributed by atoms with Crippen molar-refractivity contribution in [1.29, 1.82) is 0 Å². The summed E-state index contributed by atoms with van der Waals surface area (Å²) in [6.45, 7) is 0.556. The van der Waals surface area contributed by atoms with Crippen LogP contribution in [0.25, 0.3) is 0 Å². The molecule has 0 aromatic heterocycles. The number of hydrogen-bond donors (Lipinski definition) is 1.